The van der Waals surface area contributed by atoms with Crippen LogP contribution in [0.25, 0.3) is 43.6 Å². The van der Waals surface area contributed by atoms with Crippen LogP contribution in [0, 0.1) is 0 Å². The highest BCUT2D eigenvalue weighted by atomic mass is 79.9. The molecule has 4 aromatic carbocycles. The maximum absolute atomic E-state index is 3.61. The van der Waals surface area contributed by atoms with Crippen LogP contribution >= 0.6 is 31.9 Å². The number of fused-ring (bicyclic) bond motifs is 6. The second-order valence-electron chi connectivity index (χ2n) is 9.01. The molecule has 2 aromatic heterocycles. The van der Waals surface area contributed by atoms with Gasteiger partial charge in [0.25, 0.3) is 0 Å². The Balaban J connectivity index is 1.29. The lowest BCUT2D eigenvalue weighted by molar-refractivity contribution is 0.583. The molecule has 0 aliphatic carbocycles. The number of benzene rings is 4. The van der Waals surface area contributed by atoms with Gasteiger partial charge in [-0.25, -0.2) is 0 Å². The van der Waals surface area contributed by atoms with Crippen LogP contribution in [-0.2, 0) is 23.7 Å². The van der Waals surface area contributed by atoms with E-state index in [0.29, 0.717) is 0 Å². The number of para-hydroxylation sites is 2. The van der Waals surface area contributed by atoms with E-state index in [4.69, 9.17) is 0 Å². The number of rotatable bonds is 7. The predicted octanol–water partition coefficient (Wildman–Crippen LogP) is 9.17. The lowest BCUT2D eigenvalue weighted by Gasteiger charge is -2.10. The molecule has 0 unspecified atom stereocenters. The van der Waals surface area contributed by atoms with Crippen LogP contribution in [0.1, 0.15) is 24.0 Å². The third kappa shape index (κ3) is 3.68. The molecule has 0 fully saturated rings. The fourth-order valence-electron chi connectivity index (χ4n) is 5.39. The minimum absolute atomic E-state index is 0.887. The first kappa shape index (κ1) is 21.9. The monoisotopic (exact) mass is 572 g/mol. The number of aromatic nitrogens is 2. The Labute approximate surface area is 216 Å². The molecule has 0 aliphatic heterocycles. The van der Waals surface area contributed by atoms with Crippen molar-refractivity contribution in [1.29, 1.82) is 0 Å². The molecule has 0 bridgehead atoms. The Morgan fingerprint density at radius 2 is 0.882 bits per heavy atom. The first-order valence-electron chi connectivity index (χ1n) is 11.9. The van der Waals surface area contributed by atoms with E-state index in [9.17, 15) is 0 Å². The molecule has 6 aromatic rings. The van der Waals surface area contributed by atoms with Gasteiger partial charge in [-0.05, 0) is 60.4 Å². The maximum Gasteiger partial charge on any atom is 0.0491 e. The van der Waals surface area contributed by atoms with Gasteiger partial charge in [0.15, 0.2) is 0 Å². The molecule has 0 amide bonds. The fourth-order valence-corrected chi connectivity index (χ4v) is 6.09. The SMILES string of the molecule is BrCc1ccc2c(c1)c1ccccc1n2CCCCn1c2ccccc2c2cc(CBr)ccc21. The van der Waals surface area contributed by atoms with Gasteiger partial charge in [0.05, 0.1) is 0 Å². The van der Waals surface area contributed by atoms with Crippen LogP contribution in [-0.4, -0.2) is 9.13 Å². The van der Waals surface area contributed by atoms with E-state index < -0.39 is 0 Å². The van der Waals surface area contributed by atoms with Crippen molar-refractivity contribution < 1.29 is 0 Å². The van der Waals surface area contributed by atoms with Crippen molar-refractivity contribution in [2.45, 2.75) is 36.6 Å². The minimum atomic E-state index is 0.887. The van der Waals surface area contributed by atoms with Crippen molar-refractivity contribution >= 4 is 75.5 Å². The van der Waals surface area contributed by atoms with Crippen molar-refractivity contribution in [3.63, 3.8) is 0 Å². The summed E-state index contributed by atoms with van der Waals surface area (Å²) in [5.74, 6) is 0. The molecule has 0 aliphatic rings. The second kappa shape index (κ2) is 9.24. The molecule has 2 nitrogen and oxygen atoms in total. The summed E-state index contributed by atoms with van der Waals surface area (Å²) in [5, 5.41) is 7.20. The lowest BCUT2D eigenvalue weighted by Crippen LogP contribution is -2.02. The summed E-state index contributed by atoms with van der Waals surface area (Å²) in [7, 11) is 0. The summed E-state index contributed by atoms with van der Waals surface area (Å²) in [6, 6.07) is 31.4. The van der Waals surface area contributed by atoms with Gasteiger partial charge in [-0.2, -0.15) is 0 Å². The van der Waals surface area contributed by atoms with Gasteiger partial charge in [-0.15, -0.1) is 0 Å². The molecule has 2 heterocycles. The van der Waals surface area contributed by atoms with Gasteiger partial charge in [-0.1, -0.05) is 80.4 Å². The summed E-state index contributed by atoms with van der Waals surface area (Å²) >= 11 is 7.23. The summed E-state index contributed by atoms with van der Waals surface area (Å²) in [6.45, 7) is 2.06. The van der Waals surface area contributed by atoms with E-state index in [1.165, 1.54) is 54.7 Å². The third-order valence-corrected chi connectivity index (χ3v) is 8.29. The minimum Gasteiger partial charge on any atom is -0.340 e. The topological polar surface area (TPSA) is 9.86 Å². The van der Waals surface area contributed by atoms with Crippen LogP contribution in [0.3, 0.4) is 0 Å². The fraction of sp³-hybridized carbons (Fsp3) is 0.200. The molecule has 0 atom stereocenters. The van der Waals surface area contributed by atoms with E-state index in [1.54, 1.807) is 0 Å². The maximum atomic E-state index is 3.61. The first-order valence-corrected chi connectivity index (χ1v) is 14.1. The molecule has 0 spiro atoms. The Morgan fingerprint density at radius 3 is 1.32 bits per heavy atom. The molecule has 0 radical (unpaired) electrons. The molecule has 0 saturated carbocycles. The van der Waals surface area contributed by atoms with E-state index in [-0.39, 0.29) is 0 Å². The molecule has 170 valence electrons. The zero-order valence-corrected chi connectivity index (χ0v) is 22.1. The lowest BCUT2D eigenvalue weighted by atomic mass is 10.1. The second-order valence-corrected chi connectivity index (χ2v) is 10.1. The normalized spacial score (nSPS) is 11.9. The van der Waals surface area contributed by atoms with Gasteiger partial charge in [0.1, 0.15) is 0 Å². The molecule has 4 heteroatoms. The third-order valence-electron chi connectivity index (χ3n) is 7.00. The number of alkyl halides is 2. The first-order chi connectivity index (χ1) is 16.8. The Hall–Kier alpha value is -2.56. The predicted molar refractivity (Wildman–Crippen MR) is 153 cm³/mol. The van der Waals surface area contributed by atoms with Gasteiger partial charge in [0, 0.05) is 67.4 Å². The average Bonchev–Trinajstić information content (AvgIpc) is 3.38. The molecule has 6 rings (SSSR count). The molecular formula is C30H26Br2N2. The van der Waals surface area contributed by atoms with Crippen molar-refractivity contribution in [3.8, 4) is 0 Å². The van der Waals surface area contributed by atoms with Gasteiger partial charge in [0.2, 0.25) is 0 Å². The summed E-state index contributed by atoms with van der Waals surface area (Å²) in [4.78, 5) is 0. The number of hydrogen-bond donors (Lipinski definition) is 0. The zero-order chi connectivity index (χ0) is 23.1. The number of halogens is 2. The van der Waals surface area contributed by atoms with E-state index in [2.05, 4.69) is 126 Å². The van der Waals surface area contributed by atoms with Crippen molar-refractivity contribution in [3.05, 3.63) is 96.1 Å². The van der Waals surface area contributed by atoms with E-state index in [1.807, 2.05) is 0 Å². The Bertz CT molecular complexity index is 1520. The van der Waals surface area contributed by atoms with E-state index >= 15 is 0 Å². The van der Waals surface area contributed by atoms with Crippen LogP contribution in [0.2, 0.25) is 0 Å². The largest absolute Gasteiger partial charge is 0.340 e. The zero-order valence-electron chi connectivity index (χ0n) is 19.0. The van der Waals surface area contributed by atoms with Crippen LogP contribution in [0.4, 0.5) is 0 Å². The Morgan fingerprint density at radius 1 is 0.471 bits per heavy atom. The van der Waals surface area contributed by atoms with Crippen LogP contribution in [0.5, 0.6) is 0 Å². The molecule has 0 saturated heterocycles. The van der Waals surface area contributed by atoms with Crippen molar-refractivity contribution in [2.24, 2.45) is 0 Å². The molecule has 0 N–H and O–H groups in total. The van der Waals surface area contributed by atoms with Gasteiger partial charge >= 0.3 is 0 Å². The van der Waals surface area contributed by atoms with Crippen LogP contribution < -0.4 is 0 Å². The highest BCUT2D eigenvalue weighted by molar-refractivity contribution is 9.08. The summed E-state index contributed by atoms with van der Waals surface area (Å²) in [6.07, 6.45) is 2.28. The Kier molecular flexibility index (Phi) is 5.96. The van der Waals surface area contributed by atoms with Gasteiger partial charge in [-0.3, -0.25) is 0 Å². The number of aryl methyl sites for hydroxylation is 2. The summed E-state index contributed by atoms with van der Waals surface area (Å²) in [5.41, 5.74) is 8.00. The number of unbranched alkanes of at least 4 members (excludes halogenated alkanes) is 1. The molecule has 34 heavy (non-hydrogen) atoms. The van der Waals surface area contributed by atoms with Gasteiger partial charge < -0.3 is 9.13 Å². The smallest absolute Gasteiger partial charge is 0.0491 e. The van der Waals surface area contributed by atoms with Crippen LogP contribution in [0.15, 0.2) is 84.9 Å². The molecular weight excluding hydrogens is 548 g/mol. The quantitative estimate of drug-likeness (QED) is 0.133. The van der Waals surface area contributed by atoms with Crippen molar-refractivity contribution in [2.75, 3.05) is 0 Å². The number of nitrogens with zero attached hydrogens (tertiary/aromatic N) is 2. The van der Waals surface area contributed by atoms with Crippen molar-refractivity contribution in [1.82, 2.24) is 9.13 Å². The highest BCUT2D eigenvalue weighted by Crippen LogP contribution is 2.32. The van der Waals surface area contributed by atoms with E-state index in [0.717, 1.165) is 36.6 Å². The summed E-state index contributed by atoms with van der Waals surface area (Å²) < 4.78 is 5.02. The number of hydrogen-bond acceptors (Lipinski definition) is 0. The highest BCUT2D eigenvalue weighted by Gasteiger charge is 2.12. The standard InChI is InChI=1S/C30H26Br2N2/c31-19-21-11-13-29-25(17-21)23-7-1-3-9-27(23)33(29)15-5-6-16-34-28-10-4-2-8-24(28)26-18-22(20-32)12-14-30(26)34/h1-4,7-14,17-18H,5-6,15-16,19-20H2. The average molecular weight is 574 g/mol.